The fraction of sp³-hybridized carbons (Fsp3) is 0.700. The van der Waals surface area contributed by atoms with E-state index in [1.54, 1.807) is 0 Å². The number of hydrogen-bond donors (Lipinski definition) is 1. The highest BCUT2D eigenvalue weighted by Crippen LogP contribution is 2.17. The Morgan fingerprint density at radius 3 is 2.36 bits per heavy atom. The predicted molar refractivity (Wildman–Crippen MR) is 105 cm³/mol. The Morgan fingerprint density at radius 2 is 1.72 bits per heavy atom. The van der Waals surface area contributed by atoms with Crippen molar-refractivity contribution in [3.63, 3.8) is 0 Å². The number of hydrogen-bond acceptors (Lipinski definition) is 3. The van der Waals surface area contributed by atoms with Gasteiger partial charge in [0.2, 0.25) is 10.0 Å². The van der Waals surface area contributed by atoms with Gasteiger partial charge in [-0.15, -0.1) is 0 Å². The zero-order valence-corrected chi connectivity index (χ0v) is 16.9. The van der Waals surface area contributed by atoms with E-state index in [1.165, 1.54) is 19.3 Å². The first-order valence-electron chi connectivity index (χ1n) is 9.61. The molecule has 0 aromatic heterocycles. The van der Waals surface area contributed by atoms with Gasteiger partial charge in [0.1, 0.15) is 0 Å². The first kappa shape index (κ1) is 22.1. The van der Waals surface area contributed by atoms with Crippen molar-refractivity contribution in [1.82, 2.24) is 4.72 Å². The number of rotatable bonds is 14. The summed E-state index contributed by atoms with van der Waals surface area (Å²) in [4.78, 5) is 0. The van der Waals surface area contributed by atoms with Gasteiger partial charge in [0, 0.05) is 6.54 Å². The molecule has 2 atom stereocenters. The predicted octanol–water partition coefficient (Wildman–Crippen LogP) is 4.51. The molecule has 0 bridgehead atoms. The van der Waals surface area contributed by atoms with Crippen molar-refractivity contribution in [3.05, 3.63) is 35.9 Å². The van der Waals surface area contributed by atoms with E-state index in [9.17, 15) is 8.42 Å². The SMILES string of the molecule is CCCCCCCNS(=O)(=O)C(CC)C(C)COCc1ccccc1. The Balaban J connectivity index is 2.37. The van der Waals surface area contributed by atoms with Crippen molar-refractivity contribution < 1.29 is 13.2 Å². The van der Waals surface area contributed by atoms with Gasteiger partial charge in [-0.1, -0.05) is 76.8 Å². The van der Waals surface area contributed by atoms with Crippen LogP contribution in [0.4, 0.5) is 0 Å². The van der Waals surface area contributed by atoms with Gasteiger partial charge in [-0.2, -0.15) is 0 Å². The van der Waals surface area contributed by atoms with Crippen molar-refractivity contribution in [2.24, 2.45) is 5.92 Å². The maximum atomic E-state index is 12.6. The lowest BCUT2D eigenvalue weighted by Crippen LogP contribution is -2.39. The summed E-state index contributed by atoms with van der Waals surface area (Å²) in [6.45, 7) is 7.58. The molecule has 144 valence electrons. The second kappa shape index (κ2) is 12.4. The molecule has 4 nitrogen and oxygen atoms in total. The Labute approximate surface area is 154 Å². The number of benzene rings is 1. The summed E-state index contributed by atoms with van der Waals surface area (Å²) in [5, 5.41) is -0.404. The van der Waals surface area contributed by atoms with Crippen molar-refractivity contribution in [3.8, 4) is 0 Å². The molecule has 0 saturated heterocycles. The van der Waals surface area contributed by atoms with Crippen LogP contribution in [-0.2, 0) is 21.4 Å². The molecule has 0 fully saturated rings. The minimum atomic E-state index is -3.29. The van der Waals surface area contributed by atoms with Crippen LogP contribution in [0, 0.1) is 5.92 Å². The summed E-state index contributed by atoms with van der Waals surface area (Å²) >= 11 is 0. The van der Waals surface area contributed by atoms with Crippen LogP contribution in [0.5, 0.6) is 0 Å². The Hall–Kier alpha value is -0.910. The summed E-state index contributed by atoms with van der Waals surface area (Å²) in [7, 11) is -3.29. The number of sulfonamides is 1. The Bertz CT molecular complexity index is 545. The van der Waals surface area contributed by atoms with Gasteiger partial charge in [-0.05, 0) is 24.3 Å². The molecule has 0 radical (unpaired) electrons. The molecule has 5 heteroatoms. The monoisotopic (exact) mass is 369 g/mol. The summed E-state index contributed by atoms with van der Waals surface area (Å²) in [6.07, 6.45) is 6.20. The lowest BCUT2D eigenvalue weighted by molar-refractivity contribution is 0.0901. The molecule has 1 N–H and O–H groups in total. The Morgan fingerprint density at radius 1 is 1.04 bits per heavy atom. The third-order valence-corrected chi connectivity index (χ3v) is 6.71. The zero-order chi connectivity index (χ0) is 18.5. The molecule has 2 unspecified atom stereocenters. The fourth-order valence-corrected chi connectivity index (χ4v) is 4.79. The Kier molecular flexibility index (Phi) is 11.0. The topological polar surface area (TPSA) is 55.4 Å². The maximum Gasteiger partial charge on any atom is 0.214 e. The van der Waals surface area contributed by atoms with Crippen molar-refractivity contribution in [2.45, 2.75) is 71.2 Å². The van der Waals surface area contributed by atoms with Crippen LogP contribution in [0.15, 0.2) is 30.3 Å². The molecule has 0 amide bonds. The molecular weight excluding hydrogens is 334 g/mol. The largest absolute Gasteiger partial charge is 0.376 e. The normalized spacial score (nSPS) is 14.4. The standard InChI is InChI=1S/C20H35NO3S/c1-4-6-7-8-12-15-21-25(22,23)20(5-2)18(3)16-24-17-19-13-10-9-11-14-19/h9-11,13-14,18,20-21H,4-8,12,15-17H2,1-3H3. The third-order valence-electron chi connectivity index (χ3n) is 4.51. The van der Waals surface area contributed by atoms with E-state index in [0.29, 0.717) is 26.2 Å². The lowest BCUT2D eigenvalue weighted by Gasteiger charge is -2.23. The van der Waals surface area contributed by atoms with Crippen LogP contribution >= 0.6 is 0 Å². The first-order chi connectivity index (χ1) is 12.0. The molecular formula is C20H35NO3S. The van der Waals surface area contributed by atoms with Gasteiger partial charge in [0.25, 0.3) is 0 Å². The molecule has 0 saturated carbocycles. The first-order valence-corrected chi connectivity index (χ1v) is 11.2. The third kappa shape index (κ3) is 8.84. The molecule has 1 aromatic carbocycles. The summed E-state index contributed by atoms with van der Waals surface area (Å²) < 4.78 is 33.6. The fourth-order valence-electron chi connectivity index (χ4n) is 3.02. The van der Waals surface area contributed by atoms with Gasteiger partial charge in [-0.25, -0.2) is 13.1 Å². The summed E-state index contributed by atoms with van der Waals surface area (Å²) in [5.41, 5.74) is 1.11. The molecule has 25 heavy (non-hydrogen) atoms. The van der Waals surface area contributed by atoms with Gasteiger partial charge in [-0.3, -0.25) is 0 Å². The van der Waals surface area contributed by atoms with Gasteiger partial charge in [0.05, 0.1) is 18.5 Å². The molecule has 0 spiro atoms. The van der Waals surface area contributed by atoms with E-state index >= 15 is 0 Å². The highest BCUT2D eigenvalue weighted by Gasteiger charge is 2.28. The maximum absolute atomic E-state index is 12.6. The average Bonchev–Trinajstić information content (AvgIpc) is 2.59. The van der Waals surface area contributed by atoms with Crippen LogP contribution in [0.3, 0.4) is 0 Å². The highest BCUT2D eigenvalue weighted by atomic mass is 32.2. The number of nitrogens with one attached hydrogen (secondary N) is 1. The molecule has 0 heterocycles. The van der Waals surface area contributed by atoms with Gasteiger partial charge >= 0.3 is 0 Å². The van der Waals surface area contributed by atoms with Crippen molar-refractivity contribution in [1.29, 1.82) is 0 Å². The second-order valence-corrected chi connectivity index (χ2v) is 8.76. The van der Waals surface area contributed by atoms with E-state index in [4.69, 9.17) is 4.74 Å². The summed E-state index contributed by atoms with van der Waals surface area (Å²) in [5.74, 6) is -0.0358. The molecule has 1 rings (SSSR count). The van der Waals surface area contributed by atoms with Gasteiger partial charge in [0.15, 0.2) is 0 Å². The van der Waals surface area contributed by atoms with E-state index in [1.807, 2.05) is 44.2 Å². The summed E-state index contributed by atoms with van der Waals surface area (Å²) in [6, 6.07) is 9.95. The smallest absolute Gasteiger partial charge is 0.214 e. The molecule has 0 aliphatic rings. The minimum absolute atomic E-state index is 0.0358. The minimum Gasteiger partial charge on any atom is -0.376 e. The van der Waals surface area contributed by atoms with E-state index < -0.39 is 15.3 Å². The average molecular weight is 370 g/mol. The van der Waals surface area contributed by atoms with Crippen LogP contribution in [0.2, 0.25) is 0 Å². The van der Waals surface area contributed by atoms with E-state index in [2.05, 4.69) is 11.6 Å². The van der Waals surface area contributed by atoms with Gasteiger partial charge < -0.3 is 4.74 Å². The number of ether oxygens (including phenoxy) is 1. The highest BCUT2D eigenvalue weighted by molar-refractivity contribution is 7.90. The number of unbranched alkanes of at least 4 members (excludes halogenated alkanes) is 4. The quantitative estimate of drug-likeness (QED) is 0.491. The molecule has 0 aliphatic heterocycles. The van der Waals surface area contributed by atoms with Crippen LogP contribution < -0.4 is 4.72 Å². The second-order valence-electron chi connectivity index (χ2n) is 6.78. The van der Waals surface area contributed by atoms with Crippen molar-refractivity contribution in [2.75, 3.05) is 13.2 Å². The molecule has 0 aliphatic carbocycles. The van der Waals surface area contributed by atoms with E-state index in [-0.39, 0.29) is 5.92 Å². The zero-order valence-electron chi connectivity index (χ0n) is 16.0. The van der Waals surface area contributed by atoms with Crippen LogP contribution in [-0.4, -0.2) is 26.8 Å². The van der Waals surface area contributed by atoms with Crippen molar-refractivity contribution >= 4 is 10.0 Å². The molecule has 1 aromatic rings. The van der Waals surface area contributed by atoms with E-state index in [0.717, 1.165) is 18.4 Å². The lowest BCUT2D eigenvalue weighted by atomic mass is 10.1. The van der Waals surface area contributed by atoms with Crippen LogP contribution in [0.25, 0.3) is 0 Å². The van der Waals surface area contributed by atoms with Crippen LogP contribution in [0.1, 0.15) is 64.9 Å².